The SMILES string of the molecule is COc1c(COC(C)=O)cc(C(C)(C)C)cc1NO. The van der Waals surface area contributed by atoms with E-state index in [4.69, 9.17) is 9.47 Å². The molecule has 0 atom stereocenters. The predicted molar refractivity (Wildman–Crippen MR) is 72.6 cm³/mol. The summed E-state index contributed by atoms with van der Waals surface area (Å²) in [6.07, 6.45) is 0. The number of methoxy groups -OCH3 is 1. The van der Waals surface area contributed by atoms with Gasteiger partial charge in [-0.3, -0.25) is 15.5 Å². The van der Waals surface area contributed by atoms with Crippen LogP contribution in [-0.2, 0) is 21.6 Å². The van der Waals surface area contributed by atoms with Crippen LogP contribution in [-0.4, -0.2) is 18.3 Å². The standard InChI is InChI=1S/C14H21NO4/c1-9(16)19-8-10-6-11(14(2,3)4)7-12(15-17)13(10)18-5/h6-7,15,17H,8H2,1-5H3. The number of benzene rings is 1. The molecular weight excluding hydrogens is 246 g/mol. The molecule has 0 aromatic heterocycles. The Labute approximate surface area is 113 Å². The van der Waals surface area contributed by atoms with Gasteiger partial charge in [0, 0.05) is 12.5 Å². The third-order valence-corrected chi connectivity index (χ3v) is 2.79. The second kappa shape index (κ2) is 5.93. The third-order valence-electron chi connectivity index (χ3n) is 2.79. The van der Waals surface area contributed by atoms with Crippen LogP contribution in [0.15, 0.2) is 12.1 Å². The lowest BCUT2D eigenvalue weighted by Gasteiger charge is -2.23. The van der Waals surface area contributed by atoms with Gasteiger partial charge in [0.1, 0.15) is 12.3 Å². The first kappa shape index (κ1) is 15.3. The predicted octanol–water partition coefficient (Wildman–Crippen LogP) is 2.86. The van der Waals surface area contributed by atoms with Gasteiger partial charge in [0.2, 0.25) is 0 Å². The number of hydrogen-bond donors (Lipinski definition) is 2. The molecule has 0 aliphatic carbocycles. The van der Waals surface area contributed by atoms with E-state index >= 15 is 0 Å². The number of rotatable bonds is 4. The second-order valence-corrected chi connectivity index (χ2v) is 5.36. The van der Waals surface area contributed by atoms with E-state index in [9.17, 15) is 10.0 Å². The lowest BCUT2D eigenvalue weighted by Crippen LogP contribution is -2.13. The van der Waals surface area contributed by atoms with E-state index in [0.717, 1.165) is 5.56 Å². The first-order chi connectivity index (χ1) is 8.79. The molecule has 0 radical (unpaired) electrons. The van der Waals surface area contributed by atoms with Crippen LogP contribution in [0, 0.1) is 0 Å². The van der Waals surface area contributed by atoms with E-state index in [-0.39, 0.29) is 18.0 Å². The summed E-state index contributed by atoms with van der Waals surface area (Å²) in [5.74, 6) is 0.110. The summed E-state index contributed by atoms with van der Waals surface area (Å²) in [5, 5.41) is 9.20. The Hall–Kier alpha value is -1.75. The van der Waals surface area contributed by atoms with Gasteiger partial charge in [-0.15, -0.1) is 0 Å². The van der Waals surface area contributed by atoms with Crippen LogP contribution in [0.4, 0.5) is 5.69 Å². The van der Waals surface area contributed by atoms with E-state index in [2.05, 4.69) is 26.3 Å². The molecule has 0 aliphatic rings. The van der Waals surface area contributed by atoms with Gasteiger partial charge in [-0.25, -0.2) is 0 Å². The van der Waals surface area contributed by atoms with Crippen molar-refractivity contribution in [2.24, 2.45) is 0 Å². The summed E-state index contributed by atoms with van der Waals surface area (Å²) in [5.41, 5.74) is 4.20. The highest BCUT2D eigenvalue weighted by atomic mass is 16.5. The first-order valence-electron chi connectivity index (χ1n) is 6.04. The van der Waals surface area contributed by atoms with Crippen molar-refractivity contribution >= 4 is 11.7 Å². The van der Waals surface area contributed by atoms with E-state index < -0.39 is 0 Å². The van der Waals surface area contributed by atoms with Crippen LogP contribution in [0.2, 0.25) is 0 Å². The van der Waals surface area contributed by atoms with Crippen molar-refractivity contribution in [2.75, 3.05) is 12.6 Å². The van der Waals surface area contributed by atoms with E-state index in [0.29, 0.717) is 17.0 Å². The third kappa shape index (κ3) is 3.86. The van der Waals surface area contributed by atoms with Crippen molar-refractivity contribution in [3.05, 3.63) is 23.3 Å². The molecule has 0 heterocycles. The minimum Gasteiger partial charge on any atom is -0.494 e. The molecule has 0 unspecified atom stereocenters. The number of anilines is 1. The monoisotopic (exact) mass is 267 g/mol. The van der Waals surface area contributed by atoms with Gasteiger partial charge in [0.25, 0.3) is 0 Å². The molecule has 1 aromatic rings. The van der Waals surface area contributed by atoms with Gasteiger partial charge >= 0.3 is 5.97 Å². The van der Waals surface area contributed by atoms with Crippen LogP contribution >= 0.6 is 0 Å². The summed E-state index contributed by atoms with van der Waals surface area (Å²) in [4.78, 5) is 10.9. The second-order valence-electron chi connectivity index (χ2n) is 5.36. The average molecular weight is 267 g/mol. The molecule has 0 saturated carbocycles. The van der Waals surface area contributed by atoms with Crippen molar-refractivity contribution in [3.63, 3.8) is 0 Å². The Balaban J connectivity index is 3.27. The number of esters is 1. The van der Waals surface area contributed by atoms with Gasteiger partial charge in [0.15, 0.2) is 5.75 Å². The minimum atomic E-state index is -0.360. The van der Waals surface area contributed by atoms with Crippen LogP contribution in [0.25, 0.3) is 0 Å². The van der Waals surface area contributed by atoms with E-state index in [1.54, 1.807) is 0 Å². The molecule has 2 N–H and O–H groups in total. The molecule has 5 heteroatoms. The molecule has 0 aliphatic heterocycles. The number of carbonyl (C=O) groups excluding carboxylic acids is 1. The van der Waals surface area contributed by atoms with Crippen molar-refractivity contribution in [1.82, 2.24) is 0 Å². The molecular formula is C14H21NO4. The molecule has 0 saturated heterocycles. The highest BCUT2D eigenvalue weighted by Crippen LogP contribution is 2.35. The molecule has 0 bridgehead atoms. The zero-order valence-corrected chi connectivity index (χ0v) is 12.0. The Morgan fingerprint density at radius 3 is 2.42 bits per heavy atom. The maximum atomic E-state index is 10.9. The molecule has 1 aromatic carbocycles. The van der Waals surface area contributed by atoms with Gasteiger partial charge in [-0.1, -0.05) is 20.8 Å². The summed E-state index contributed by atoms with van der Waals surface area (Å²) < 4.78 is 10.3. The smallest absolute Gasteiger partial charge is 0.302 e. The molecule has 0 fully saturated rings. The highest BCUT2D eigenvalue weighted by molar-refractivity contribution is 5.67. The number of hydrogen-bond acceptors (Lipinski definition) is 5. The maximum absolute atomic E-state index is 10.9. The van der Waals surface area contributed by atoms with Crippen molar-refractivity contribution in [1.29, 1.82) is 0 Å². The summed E-state index contributed by atoms with van der Waals surface area (Å²) in [6, 6.07) is 3.73. The van der Waals surface area contributed by atoms with Crippen molar-refractivity contribution in [2.45, 2.75) is 39.7 Å². The van der Waals surface area contributed by atoms with Crippen LogP contribution in [0.3, 0.4) is 0 Å². The summed E-state index contributed by atoms with van der Waals surface area (Å²) in [6.45, 7) is 7.64. The normalized spacial score (nSPS) is 11.1. The fourth-order valence-electron chi connectivity index (χ4n) is 1.73. The minimum absolute atomic E-state index is 0.0944. The molecule has 5 nitrogen and oxygen atoms in total. The maximum Gasteiger partial charge on any atom is 0.302 e. The molecule has 1 rings (SSSR count). The fraction of sp³-hybridized carbons (Fsp3) is 0.500. The molecule has 106 valence electrons. The zero-order valence-electron chi connectivity index (χ0n) is 12.0. The largest absolute Gasteiger partial charge is 0.494 e. The quantitative estimate of drug-likeness (QED) is 0.648. The highest BCUT2D eigenvalue weighted by Gasteiger charge is 2.19. The van der Waals surface area contributed by atoms with Crippen molar-refractivity contribution < 1.29 is 19.5 Å². The molecule has 0 spiro atoms. The topological polar surface area (TPSA) is 67.8 Å². The average Bonchev–Trinajstić information content (AvgIpc) is 2.33. The van der Waals surface area contributed by atoms with E-state index in [1.807, 2.05) is 12.1 Å². The van der Waals surface area contributed by atoms with Gasteiger partial charge in [0.05, 0.1) is 7.11 Å². The van der Waals surface area contributed by atoms with Crippen molar-refractivity contribution in [3.8, 4) is 5.75 Å². The number of nitrogens with one attached hydrogen (secondary N) is 1. The Morgan fingerprint density at radius 1 is 1.37 bits per heavy atom. The summed E-state index contributed by atoms with van der Waals surface area (Å²) in [7, 11) is 1.50. The van der Waals surface area contributed by atoms with Crippen LogP contribution in [0.5, 0.6) is 5.75 Å². The first-order valence-corrected chi connectivity index (χ1v) is 6.04. The number of carbonyl (C=O) groups is 1. The summed E-state index contributed by atoms with van der Waals surface area (Å²) >= 11 is 0. The Kier molecular flexibility index (Phi) is 4.78. The lowest BCUT2D eigenvalue weighted by molar-refractivity contribution is -0.142. The Morgan fingerprint density at radius 2 is 2.00 bits per heavy atom. The molecule has 19 heavy (non-hydrogen) atoms. The van der Waals surface area contributed by atoms with Crippen LogP contribution < -0.4 is 10.2 Å². The lowest BCUT2D eigenvalue weighted by atomic mass is 9.85. The number of ether oxygens (including phenoxy) is 2. The van der Waals surface area contributed by atoms with Gasteiger partial charge < -0.3 is 9.47 Å². The van der Waals surface area contributed by atoms with Crippen LogP contribution in [0.1, 0.15) is 38.8 Å². The van der Waals surface area contributed by atoms with Gasteiger partial charge in [-0.2, -0.15) is 0 Å². The van der Waals surface area contributed by atoms with E-state index in [1.165, 1.54) is 14.0 Å². The van der Waals surface area contributed by atoms with Gasteiger partial charge in [-0.05, 0) is 23.1 Å². The Bertz CT molecular complexity index is 463. The molecule has 0 amide bonds. The zero-order chi connectivity index (χ0) is 14.6. The fourth-order valence-corrected chi connectivity index (χ4v) is 1.73.